The summed E-state index contributed by atoms with van der Waals surface area (Å²) >= 11 is 0. The van der Waals surface area contributed by atoms with E-state index in [1.165, 1.54) is 48.0 Å². The zero-order valence-corrected chi connectivity index (χ0v) is 10.3. The van der Waals surface area contributed by atoms with Crippen molar-refractivity contribution in [3.05, 3.63) is 58.7 Å². The minimum absolute atomic E-state index is 1.22. The number of hydrogen-bond donors (Lipinski definition) is 0. The molecule has 0 heterocycles. The fourth-order valence-electron chi connectivity index (χ4n) is 2.31. The van der Waals surface area contributed by atoms with Gasteiger partial charge in [-0.05, 0) is 56.3 Å². The van der Waals surface area contributed by atoms with Gasteiger partial charge in [0.25, 0.3) is 0 Å². The van der Waals surface area contributed by atoms with E-state index in [1.807, 2.05) is 0 Å². The molecule has 0 saturated carbocycles. The Morgan fingerprint density at radius 2 is 1.75 bits per heavy atom. The zero-order chi connectivity index (χ0) is 11.4. The summed E-state index contributed by atoms with van der Waals surface area (Å²) < 4.78 is 0. The highest BCUT2D eigenvalue weighted by Crippen LogP contribution is 2.27. The Morgan fingerprint density at radius 3 is 2.62 bits per heavy atom. The van der Waals surface area contributed by atoms with E-state index >= 15 is 0 Å². The quantitative estimate of drug-likeness (QED) is 0.537. The van der Waals surface area contributed by atoms with Crippen LogP contribution in [0.25, 0.3) is 0 Å². The molecular weight excluding hydrogens is 192 g/mol. The average Bonchev–Trinajstić information content (AvgIpc) is 2.33. The van der Waals surface area contributed by atoms with Gasteiger partial charge in [-0.2, -0.15) is 0 Å². The maximum Gasteiger partial charge on any atom is -0.0225 e. The van der Waals surface area contributed by atoms with Crippen LogP contribution in [-0.4, -0.2) is 0 Å². The largest absolute Gasteiger partial charge is 0.0727 e. The van der Waals surface area contributed by atoms with Crippen molar-refractivity contribution in [3.8, 4) is 0 Å². The Kier molecular flexibility index (Phi) is 3.61. The first-order valence-corrected chi connectivity index (χ1v) is 6.20. The van der Waals surface area contributed by atoms with Crippen LogP contribution in [0.15, 0.2) is 58.7 Å². The maximum atomic E-state index is 2.35. The smallest absolute Gasteiger partial charge is 0.0225 e. The summed E-state index contributed by atoms with van der Waals surface area (Å²) in [5, 5.41) is 0. The van der Waals surface area contributed by atoms with Gasteiger partial charge in [-0.1, -0.05) is 42.0 Å². The molecule has 16 heavy (non-hydrogen) atoms. The highest BCUT2D eigenvalue weighted by atomic mass is 14.1. The van der Waals surface area contributed by atoms with Crippen molar-refractivity contribution in [2.75, 3.05) is 0 Å². The van der Waals surface area contributed by atoms with E-state index in [-0.39, 0.29) is 0 Å². The molecule has 0 aliphatic heterocycles. The second-order valence-corrected chi connectivity index (χ2v) is 4.71. The molecular formula is C16H20. The Labute approximate surface area is 98.8 Å². The molecule has 0 aromatic heterocycles. The molecule has 0 amide bonds. The van der Waals surface area contributed by atoms with Crippen molar-refractivity contribution in [1.29, 1.82) is 0 Å². The molecule has 0 atom stereocenters. The van der Waals surface area contributed by atoms with Gasteiger partial charge in [0.05, 0.1) is 0 Å². The van der Waals surface area contributed by atoms with Crippen LogP contribution < -0.4 is 0 Å². The van der Waals surface area contributed by atoms with E-state index < -0.39 is 0 Å². The van der Waals surface area contributed by atoms with E-state index in [1.54, 1.807) is 0 Å². The average molecular weight is 212 g/mol. The monoisotopic (exact) mass is 212 g/mol. The lowest BCUT2D eigenvalue weighted by atomic mass is 9.96. The molecule has 2 aliphatic carbocycles. The van der Waals surface area contributed by atoms with Gasteiger partial charge in [0, 0.05) is 0 Å². The molecule has 0 aromatic carbocycles. The van der Waals surface area contributed by atoms with E-state index in [2.05, 4.69) is 50.3 Å². The molecule has 0 N–H and O–H groups in total. The molecule has 0 fully saturated rings. The van der Waals surface area contributed by atoms with Crippen LogP contribution in [0.5, 0.6) is 0 Å². The number of rotatable bonds is 0. The van der Waals surface area contributed by atoms with Crippen molar-refractivity contribution >= 4 is 0 Å². The normalized spacial score (nSPS) is 36.4. The van der Waals surface area contributed by atoms with Crippen LogP contribution in [0.3, 0.4) is 0 Å². The minimum Gasteiger partial charge on any atom is -0.0727 e. The molecule has 0 heteroatoms. The first-order valence-electron chi connectivity index (χ1n) is 6.20. The van der Waals surface area contributed by atoms with Gasteiger partial charge >= 0.3 is 0 Å². The van der Waals surface area contributed by atoms with Gasteiger partial charge < -0.3 is 0 Å². The molecule has 0 saturated heterocycles. The second-order valence-electron chi connectivity index (χ2n) is 4.71. The van der Waals surface area contributed by atoms with Gasteiger partial charge in [0.15, 0.2) is 0 Å². The fraction of sp³-hybridized carbons (Fsp3) is 0.375. The summed E-state index contributed by atoms with van der Waals surface area (Å²) in [5.74, 6) is 0. The standard InChI is InChI=1S/C16H20/c1-13-8-6-7-10-15-9-4-3-5-11-16(12-13)14(15)2/h3-5,9,11-12H,6-8,10H2,1-2H3/b4-3?,5-3-,9-4-,11-5?,13-12-,15-9?,15-14+,16-11-,16-14?. The van der Waals surface area contributed by atoms with Crippen molar-refractivity contribution < 1.29 is 0 Å². The lowest BCUT2D eigenvalue weighted by Gasteiger charge is -2.10. The minimum atomic E-state index is 1.22. The first kappa shape index (κ1) is 11.2. The van der Waals surface area contributed by atoms with Crippen LogP contribution in [0, 0.1) is 0 Å². The Bertz CT molecular complexity index is 411. The molecule has 84 valence electrons. The third-order valence-electron chi connectivity index (χ3n) is 3.38. The second kappa shape index (κ2) is 5.16. The maximum absolute atomic E-state index is 2.35. The van der Waals surface area contributed by atoms with Crippen molar-refractivity contribution in [2.45, 2.75) is 39.5 Å². The highest BCUT2D eigenvalue weighted by Gasteiger charge is 2.07. The van der Waals surface area contributed by atoms with Crippen molar-refractivity contribution in [3.63, 3.8) is 0 Å². The topological polar surface area (TPSA) is 0 Å². The zero-order valence-electron chi connectivity index (χ0n) is 10.3. The van der Waals surface area contributed by atoms with Gasteiger partial charge in [-0.3, -0.25) is 0 Å². The van der Waals surface area contributed by atoms with Crippen LogP contribution >= 0.6 is 0 Å². The van der Waals surface area contributed by atoms with Gasteiger partial charge in [0.2, 0.25) is 0 Å². The summed E-state index contributed by atoms with van der Waals surface area (Å²) in [6, 6.07) is 0. The summed E-state index contributed by atoms with van der Waals surface area (Å²) in [5.41, 5.74) is 5.84. The van der Waals surface area contributed by atoms with Crippen molar-refractivity contribution in [2.24, 2.45) is 0 Å². The summed E-state index contributed by atoms with van der Waals surface area (Å²) in [6.45, 7) is 4.50. The molecule has 2 rings (SSSR count). The summed E-state index contributed by atoms with van der Waals surface area (Å²) in [6.07, 6.45) is 18.3. The van der Waals surface area contributed by atoms with Crippen LogP contribution in [0.4, 0.5) is 0 Å². The molecule has 0 aromatic rings. The fourth-order valence-corrected chi connectivity index (χ4v) is 2.31. The molecule has 0 unspecified atom stereocenters. The molecule has 0 radical (unpaired) electrons. The predicted octanol–water partition coefficient (Wildman–Crippen LogP) is 4.88. The lowest BCUT2D eigenvalue weighted by molar-refractivity contribution is 0.732. The summed E-state index contributed by atoms with van der Waals surface area (Å²) in [4.78, 5) is 0. The first-order chi connectivity index (χ1) is 7.77. The molecule has 0 spiro atoms. The Hall–Kier alpha value is -1.30. The lowest BCUT2D eigenvalue weighted by Crippen LogP contribution is -1.90. The summed E-state index contributed by atoms with van der Waals surface area (Å²) in [7, 11) is 0. The molecule has 2 bridgehead atoms. The third kappa shape index (κ3) is 2.63. The van der Waals surface area contributed by atoms with Gasteiger partial charge in [-0.15, -0.1) is 0 Å². The van der Waals surface area contributed by atoms with E-state index in [4.69, 9.17) is 0 Å². The number of hydrogen-bond acceptors (Lipinski definition) is 0. The number of allylic oxidation sites excluding steroid dienone is 10. The van der Waals surface area contributed by atoms with Gasteiger partial charge in [0.1, 0.15) is 0 Å². The molecule has 0 nitrogen and oxygen atoms in total. The SMILES string of the molecule is C/C1=C/C2=C/C=C\C=C/C(=C\2C)CCCC1. The number of fused-ring (bicyclic) bond motifs is 1. The Balaban J connectivity index is 2.46. The van der Waals surface area contributed by atoms with Gasteiger partial charge in [-0.25, -0.2) is 0 Å². The third-order valence-corrected chi connectivity index (χ3v) is 3.38. The predicted molar refractivity (Wildman–Crippen MR) is 71.3 cm³/mol. The van der Waals surface area contributed by atoms with Crippen molar-refractivity contribution in [1.82, 2.24) is 0 Å². The highest BCUT2D eigenvalue weighted by molar-refractivity contribution is 5.49. The van der Waals surface area contributed by atoms with E-state index in [0.717, 1.165) is 0 Å². The van der Waals surface area contributed by atoms with Crippen LogP contribution in [-0.2, 0) is 0 Å². The van der Waals surface area contributed by atoms with E-state index in [9.17, 15) is 0 Å². The van der Waals surface area contributed by atoms with Crippen LogP contribution in [0.1, 0.15) is 39.5 Å². The van der Waals surface area contributed by atoms with Crippen LogP contribution in [0.2, 0.25) is 0 Å². The molecule has 2 aliphatic rings. The Morgan fingerprint density at radius 1 is 0.938 bits per heavy atom. The van der Waals surface area contributed by atoms with E-state index in [0.29, 0.717) is 0 Å².